The smallest absolute Gasteiger partial charge is 0.309 e. The van der Waals surface area contributed by atoms with Crippen LogP contribution in [-0.2, 0) is 13.6 Å². The second kappa shape index (κ2) is 7.18. The van der Waals surface area contributed by atoms with Gasteiger partial charge in [-0.1, -0.05) is 31.9 Å². The van der Waals surface area contributed by atoms with Crippen molar-refractivity contribution < 1.29 is 13.6 Å². The van der Waals surface area contributed by atoms with Crippen LogP contribution in [0.5, 0.6) is 0 Å². The molecule has 0 saturated heterocycles. The summed E-state index contributed by atoms with van der Waals surface area (Å²) in [5.41, 5.74) is 0. The molecular weight excluding hydrogens is 323 g/mol. The van der Waals surface area contributed by atoms with Gasteiger partial charge in [0.2, 0.25) is 0 Å². The molecule has 0 aliphatic carbocycles. The SMILES string of the molecule is CCOP(=O)(CC(Br)=CBr)OCC. The summed E-state index contributed by atoms with van der Waals surface area (Å²) in [7, 11) is -2.94. The highest BCUT2D eigenvalue weighted by atomic mass is 79.9. The molecule has 0 heterocycles. The van der Waals surface area contributed by atoms with E-state index in [4.69, 9.17) is 9.05 Å². The van der Waals surface area contributed by atoms with E-state index >= 15 is 0 Å². The van der Waals surface area contributed by atoms with Crippen LogP contribution in [0.1, 0.15) is 13.8 Å². The maximum Gasteiger partial charge on any atom is 0.335 e. The van der Waals surface area contributed by atoms with Crippen molar-refractivity contribution in [3.05, 3.63) is 9.47 Å². The lowest BCUT2D eigenvalue weighted by Crippen LogP contribution is -1.99. The molecule has 13 heavy (non-hydrogen) atoms. The van der Waals surface area contributed by atoms with E-state index < -0.39 is 7.60 Å². The maximum absolute atomic E-state index is 11.8. The zero-order valence-corrected chi connectivity index (χ0v) is 11.7. The van der Waals surface area contributed by atoms with Crippen LogP contribution in [0.15, 0.2) is 9.47 Å². The fourth-order valence-electron chi connectivity index (χ4n) is 0.741. The van der Waals surface area contributed by atoms with E-state index in [0.29, 0.717) is 13.2 Å². The first kappa shape index (κ1) is 13.8. The van der Waals surface area contributed by atoms with Gasteiger partial charge in [-0.25, -0.2) is 0 Å². The van der Waals surface area contributed by atoms with Gasteiger partial charge in [-0.05, 0) is 18.8 Å². The molecule has 0 aromatic heterocycles. The minimum absolute atomic E-state index is 0.264. The first-order valence-corrected chi connectivity index (χ1v) is 7.34. The van der Waals surface area contributed by atoms with Gasteiger partial charge in [0.25, 0.3) is 0 Å². The fraction of sp³-hybridized carbons (Fsp3) is 0.714. The van der Waals surface area contributed by atoms with Crippen LogP contribution in [-0.4, -0.2) is 19.4 Å². The summed E-state index contributed by atoms with van der Waals surface area (Å²) in [6, 6.07) is 0. The molecule has 0 atom stereocenters. The molecule has 0 saturated carbocycles. The Balaban J connectivity index is 4.32. The topological polar surface area (TPSA) is 35.5 Å². The Hall–Kier alpha value is 0.850. The molecule has 0 unspecified atom stereocenters. The Kier molecular flexibility index (Phi) is 7.65. The lowest BCUT2D eigenvalue weighted by atomic mass is 10.8. The van der Waals surface area contributed by atoms with Crippen molar-refractivity contribution in [1.29, 1.82) is 0 Å². The van der Waals surface area contributed by atoms with E-state index in [0.717, 1.165) is 4.48 Å². The van der Waals surface area contributed by atoms with Crippen molar-refractivity contribution in [3.8, 4) is 0 Å². The van der Waals surface area contributed by atoms with Crippen LogP contribution in [0.3, 0.4) is 0 Å². The predicted octanol–water partition coefficient (Wildman–Crippen LogP) is 3.88. The van der Waals surface area contributed by atoms with Gasteiger partial charge in [0.15, 0.2) is 0 Å². The van der Waals surface area contributed by atoms with Crippen LogP contribution >= 0.6 is 39.5 Å². The van der Waals surface area contributed by atoms with Crippen LogP contribution < -0.4 is 0 Å². The average molecular weight is 336 g/mol. The van der Waals surface area contributed by atoms with Gasteiger partial charge in [-0.15, -0.1) is 0 Å². The molecule has 0 radical (unpaired) electrons. The van der Waals surface area contributed by atoms with Crippen molar-refractivity contribution in [2.75, 3.05) is 19.4 Å². The Morgan fingerprint density at radius 3 is 2.15 bits per heavy atom. The fourth-order valence-corrected chi connectivity index (χ4v) is 3.58. The summed E-state index contributed by atoms with van der Waals surface area (Å²) in [5, 5.41) is 0. The minimum atomic E-state index is -2.94. The maximum atomic E-state index is 11.8. The van der Waals surface area contributed by atoms with Crippen LogP contribution in [0.25, 0.3) is 0 Å². The van der Waals surface area contributed by atoms with Crippen molar-refractivity contribution in [3.63, 3.8) is 0 Å². The lowest BCUT2D eigenvalue weighted by molar-refractivity contribution is 0.222. The molecule has 0 aromatic rings. The number of halogens is 2. The summed E-state index contributed by atoms with van der Waals surface area (Å²) in [6.45, 7) is 4.36. The Labute approximate surface area is 95.7 Å². The molecule has 3 nitrogen and oxygen atoms in total. The third-order valence-electron chi connectivity index (χ3n) is 1.11. The molecule has 0 aromatic carbocycles. The number of rotatable bonds is 6. The highest BCUT2D eigenvalue weighted by Crippen LogP contribution is 2.50. The average Bonchev–Trinajstić information content (AvgIpc) is 2.04. The summed E-state index contributed by atoms with van der Waals surface area (Å²) < 4.78 is 22.8. The Bertz CT molecular complexity index is 208. The molecule has 0 spiro atoms. The Morgan fingerprint density at radius 2 is 1.85 bits per heavy atom. The van der Waals surface area contributed by atoms with Crippen molar-refractivity contribution in [2.45, 2.75) is 13.8 Å². The second-order valence-corrected chi connectivity index (χ2v) is 5.69. The van der Waals surface area contributed by atoms with Gasteiger partial charge in [0, 0.05) is 4.48 Å². The van der Waals surface area contributed by atoms with E-state index in [1.54, 1.807) is 18.8 Å². The van der Waals surface area contributed by atoms with E-state index in [1.165, 1.54) is 0 Å². The zero-order valence-electron chi connectivity index (χ0n) is 7.63. The van der Waals surface area contributed by atoms with Crippen molar-refractivity contribution in [1.82, 2.24) is 0 Å². The first-order chi connectivity index (χ1) is 6.08. The number of hydrogen-bond donors (Lipinski definition) is 0. The lowest BCUT2D eigenvalue weighted by Gasteiger charge is -2.16. The highest BCUT2D eigenvalue weighted by molar-refractivity contribution is 9.14. The second-order valence-electron chi connectivity index (χ2n) is 2.16. The molecule has 0 aliphatic heterocycles. The van der Waals surface area contributed by atoms with Crippen LogP contribution in [0.2, 0.25) is 0 Å². The molecule has 0 rings (SSSR count). The summed E-state index contributed by atoms with van der Waals surface area (Å²) in [4.78, 5) is 1.65. The van der Waals surface area contributed by atoms with Crippen LogP contribution in [0.4, 0.5) is 0 Å². The third kappa shape index (κ3) is 6.02. The van der Waals surface area contributed by atoms with Gasteiger partial charge >= 0.3 is 7.60 Å². The van der Waals surface area contributed by atoms with Gasteiger partial charge in [0.05, 0.1) is 19.4 Å². The first-order valence-electron chi connectivity index (χ1n) is 3.90. The summed E-state index contributed by atoms with van der Waals surface area (Å²) in [6.07, 6.45) is 0.264. The normalized spacial score (nSPS) is 13.4. The minimum Gasteiger partial charge on any atom is -0.309 e. The Morgan fingerprint density at radius 1 is 1.38 bits per heavy atom. The molecular formula is C7H13Br2O3P. The number of hydrogen-bond acceptors (Lipinski definition) is 3. The van der Waals surface area contributed by atoms with Crippen molar-refractivity contribution in [2.24, 2.45) is 0 Å². The molecule has 0 aliphatic rings. The third-order valence-corrected chi connectivity index (χ3v) is 5.26. The van der Waals surface area contributed by atoms with E-state index in [9.17, 15) is 4.57 Å². The van der Waals surface area contributed by atoms with Gasteiger partial charge in [-0.3, -0.25) is 4.57 Å². The van der Waals surface area contributed by atoms with Crippen molar-refractivity contribution >= 4 is 39.5 Å². The molecule has 0 amide bonds. The van der Waals surface area contributed by atoms with E-state index in [1.807, 2.05) is 0 Å². The standard InChI is InChI=1S/C7H13Br2O3P/c1-3-11-13(10,12-4-2)6-7(9)5-8/h5H,3-4,6H2,1-2H3. The van der Waals surface area contributed by atoms with E-state index in [2.05, 4.69) is 31.9 Å². The molecule has 0 fully saturated rings. The predicted molar refractivity (Wildman–Crippen MR) is 61.7 cm³/mol. The van der Waals surface area contributed by atoms with E-state index in [-0.39, 0.29) is 6.16 Å². The number of allylic oxidation sites excluding steroid dienone is 1. The summed E-state index contributed by atoms with van der Waals surface area (Å²) >= 11 is 6.36. The molecule has 0 bridgehead atoms. The van der Waals surface area contributed by atoms with Gasteiger partial charge in [-0.2, -0.15) is 0 Å². The molecule has 78 valence electrons. The quantitative estimate of drug-likeness (QED) is 0.691. The summed E-state index contributed by atoms with van der Waals surface area (Å²) in [5.74, 6) is 0. The van der Waals surface area contributed by atoms with Crippen LogP contribution in [0, 0.1) is 0 Å². The molecule has 6 heteroatoms. The largest absolute Gasteiger partial charge is 0.335 e. The monoisotopic (exact) mass is 334 g/mol. The zero-order chi connectivity index (χ0) is 10.3. The van der Waals surface area contributed by atoms with Gasteiger partial charge in [0.1, 0.15) is 0 Å². The highest BCUT2D eigenvalue weighted by Gasteiger charge is 2.24. The van der Waals surface area contributed by atoms with Gasteiger partial charge < -0.3 is 9.05 Å². The molecule has 0 N–H and O–H groups in total.